The number of aromatic nitrogens is 2. The summed E-state index contributed by atoms with van der Waals surface area (Å²) < 4.78 is 42.5. The lowest BCUT2D eigenvalue weighted by atomic mass is 9.80. The summed E-state index contributed by atoms with van der Waals surface area (Å²) in [6.07, 6.45) is 15.6. The molecule has 1 aliphatic heterocycles. The summed E-state index contributed by atoms with van der Waals surface area (Å²) in [6.45, 7) is 13.0. The van der Waals surface area contributed by atoms with Crippen molar-refractivity contribution in [3.63, 3.8) is 0 Å². The second kappa shape index (κ2) is 30.4. The van der Waals surface area contributed by atoms with Gasteiger partial charge in [0.1, 0.15) is 35.2 Å². The maximum absolute atomic E-state index is 14.1. The third-order valence-corrected chi connectivity index (χ3v) is 15.4. The maximum atomic E-state index is 14.1. The Morgan fingerprint density at radius 3 is 1.85 bits per heavy atom. The molecule has 0 bridgehead atoms. The van der Waals surface area contributed by atoms with E-state index < -0.39 is 38.3 Å². The molecule has 0 spiro atoms. The lowest BCUT2D eigenvalue weighted by Crippen LogP contribution is -2.39. The third kappa shape index (κ3) is 16.7. The van der Waals surface area contributed by atoms with E-state index in [-0.39, 0.29) is 55.8 Å². The number of hydrogen-bond acceptors (Lipinski definition) is 11. The fourth-order valence-corrected chi connectivity index (χ4v) is 11.3. The molecule has 1 aromatic heterocycles. The highest BCUT2D eigenvalue weighted by molar-refractivity contribution is 7.44. The molecule has 5 unspecified atom stereocenters. The summed E-state index contributed by atoms with van der Waals surface area (Å²) in [5, 5.41) is 12.5. The summed E-state index contributed by atoms with van der Waals surface area (Å²) in [7, 11) is 1.58. The van der Waals surface area contributed by atoms with Crippen LogP contribution in [0.2, 0.25) is 0 Å². The minimum absolute atomic E-state index is 0.0355. The highest BCUT2D eigenvalue weighted by Crippen LogP contribution is 2.51. The van der Waals surface area contributed by atoms with E-state index in [9.17, 15) is 14.9 Å². The number of unbranched alkanes of at least 4 members (excludes halogenated alkanes) is 10. The Labute approximate surface area is 425 Å². The van der Waals surface area contributed by atoms with Crippen LogP contribution in [0.25, 0.3) is 0 Å². The number of nitrogens with zero attached hydrogens (tertiary/aromatic N) is 4. The molecule has 71 heavy (non-hydrogen) atoms. The molecule has 0 radical (unpaired) electrons. The molecule has 5 atom stereocenters. The Bertz CT molecular complexity index is 2180. The number of ether oxygens (including phenoxy) is 4. The highest BCUT2D eigenvalue weighted by atomic mass is 31.2. The summed E-state index contributed by atoms with van der Waals surface area (Å²) in [6, 6.07) is 29.7. The Morgan fingerprint density at radius 1 is 0.803 bits per heavy atom. The lowest BCUT2D eigenvalue weighted by Gasteiger charge is -2.39. The van der Waals surface area contributed by atoms with Crippen molar-refractivity contribution in [2.45, 2.75) is 180 Å². The number of anilines is 1. The zero-order valence-corrected chi connectivity index (χ0v) is 44.7. The van der Waals surface area contributed by atoms with Crippen LogP contribution >= 0.6 is 8.53 Å². The van der Waals surface area contributed by atoms with E-state index in [1.165, 1.54) is 55.9 Å². The van der Waals surface area contributed by atoms with Crippen molar-refractivity contribution in [3.8, 4) is 17.6 Å². The maximum Gasteiger partial charge on any atom is 0.351 e. The number of benzene rings is 3. The molecule has 5 rings (SSSR count). The Morgan fingerprint density at radius 2 is 1.34 bits per heavy atom. The Kier molecular flexibility index (Phi) is 24.5. The van der Waals surface area contributed by atoms with Gasteiger partial charge in [0.2, 0.25) is 5.91 Å². The van der Waals surface area contributed by atoms with Gasteiger partial charge in [0.05, 0.1) is 46.0 Å². The quantitative estimate of drug-likeness (QED) is 0.0276. The SMILES string of the molecule is CCCCCCCCCC(CCCCCCC)C(=O)Nc1ccn(C2CC(OP(OCCC#N)N(C(C)C)C(C)C)C(COC(c3ccccc3)(c3ccc(OC)cc3)c3ccc(OC)cc3)O2)c(=O)n1. The van der Waals surface area contributed by atoms with Gasteiger partial charge in [-0.1, -0.05) is 145 Å². The topological polar surface area (TPSA) is 146 Å². The van der Waals surface area contributed by atoms with Gasteiger partial charge in [0, 0.05) is 30.6 Å². The number of carbonyl (C=O) groups excluding carboxylic acids is 1. The van der Waals surface area contributed by atoms with E-state index in [1.54, 1.807) is 26.5 Å². The van der Waals surface area contributed by atoms with Crippen LogP contribution in [-0.2, 0) is 28.9 Å². The number of nitrogens with one attached hydrogen (secondary N) is 1. The van der Waals surface area contributed by atoms with Crippen LogP contribution in [0.15, 0.2) is 95.9 Å². The van der Waals surface area contributed by atoms with Crippen molar-refractivity contribution in [3.05, 3.63) is 118 Å². The van der Waals surface area contributed by atoms with Gasteiger partial charge in [0.15, 0.2) is 0 Å². The van der Waals surface area contributed by atoms with Crippen molar-refractivity contribution in [1.82, 2.24) is 14.2 Å². The van der Waals surface area contributed by atoms with Crippen molar-refractivity contribution in [2.75, 3.05) is 32.8 Å². The number of amides is 1. The molecule has 1 saturated heterocycles. The molecule has 0 aliphatic carbocycles. The zero-order valence-electron chi connectivity index (χ0n) is 43.9. The fourth-order valence-electron chi connectivity index (χ4n) is 9.50. The van der Waals surface area contributed by atoms with E-state index >= 15 is 0 Å². The molecule has 14 heteroatoms. The van der Waals surface area contributed by atoms with E-state index in [4.69, 9.17) is 28.0 Å². The molecule has 2 heterocycles. The average Bonchev–Trinajstić information content (AvgIpc) is 3.77. The second-order valence-electron chi connectivity index (χ2n) is 19.2. The zero-order chi connectivity index (χ0) is 51.0. The number of rotatable bonds is 33. The number of hydrogen-bond donors (Lipinski definition) is 1. The molecule has 13 nitrogen and oxygen atoms in total. The van der Waals surface area contributed by atoms with Gasteiger partial charge in [0.25, 0.3) is 8.53 Å². The van der Waals surface area contributed by atoms with Crippen LogP contribution in [0.5, 0.6) is 11.5 Å². The molecule has 3 aromatic carbocycles. The van der Waals surface area contributed by atoms with Gasteiger partial charge < -0.3 is 33.3 Å². The summed E-state index contributed by atoms with van der Waals surface area (Å²) >= 11 is 0. The first-order chi connectivity index (χ1) is 34.5. The smallest absolute Gasteiger partial charge is 0.351 e. The summed E-state index contributed by atoms with van der Waals surface area (Å²) in [5.74, 6) is 1.41. The predicted molar refractivity (Wildman–Crippen MR) is 283 cm³/mol. The molecule has 388 valence electrons. The van der Waals surface area contributed by atoms with Gasteiger partial charge in [-0.2, -0.15) is 10.2 Å². The van der Waals surface area contributed by atoms with Crippen molar-refractivity contribution < 1.29 is 32.8 Å². The molecule has 1 aliphatic rings. The predicted octanol–water partition coefficient (Wildman–Crippen LogP) is 13.3. The third-order valence-electron chi connectivity index (χ3n) is 13.3. The molecule has 1 N–H and O–H groups in total. The van der Waals surface area contributed by atoms with Gasteiger partial charge in [-0.05, 0) is 87.6 Å². The highest BCUT2D eigenvalue weighted by Gasteiger charge is 2.45. The first kappa shape index (κ1) is 57.2. The standard InChI is InChI=1S/C57H82N5O8P/c1-9-11-13-15-16-18-21-26-45(25-20-17-14-12-10-2)55(63)59-53-37-39-61(56(64)60-53)54-41-51(70-71(68-40-24-38-58)62(43(3)4)44(5)6)52(69-54)42-67-57(46-27-22-19-23-28-46,47-29-33-49(65-7)34-30-47)48-31-35-50(66-8)36-32-48/h19,22-23,27-37,39,43-45,51-52,54H,9-18,20-21,24-26,40-42H2,1-8H3,(H,59,60,63,64). The van der Waals surface area contributed by atoms with E-state index in [0.29, 0.717) is 11.5 Å². The number of nitriles is 1. The number of carbonyl (C=O) groups is 1. The molecule has 1 fully saturated rings. The van der Waals surface area contributed by atoms with Crippen LogP contribution in [0.4, 0.5) is 5.82 Å². The fraction of sp³-hybridized carbons (Fsp3) is 0.579. The van der Waals surface area contributed by atoms with Crippen LogP contribution < -0.4 is 20.5 Å². The number of methoxy groups -OCH3 is 2. The van der Waals surface area contributed by atoms with Crippen LogP contribution in [0, 0.1) is 17.2 Å². The van der Waals surface area contributed by atoms with Gasteiger partial charge in [-0.3, -0.25) is 9.36 Å². The summed E-state index contributed by atoms with van der Waals surface area (Å²) in [5.41, 5.74) is 0.893. The van der Waals surface area contributed by atoms with Crippen molar-refractivity contribution in [1.29, 1.82) is 5.26 Å². The van der Waals surface area contributed by atoms with Crippen molar-refractivity contribution >= 4 is 20.3 Å². The minimum Gasteiger partial charge on any atom is -0.497 e. The minimum atomic E-state index is -1.70. The normalized spacial score (nSPS) is 16.8. The largest absolute Gasteiger partial charge is 0.497 e. The second-order valence-corrected chi connectivity index (χ2v) is 20.6. The van der Waals surface area contributed by atoms with Crippen LogP contribution in [0.3, 0.4) is 0 Å². The summed E-state index contributed by atoms with van der Waals surface area (Å²) in [4.78, 5) is 32.4. The van der Waals surface area contributed by atoms with Crippen LogP contribution in [-0.4, -0.2) is 71.9 Å². The van der Waals surface area contributed by atoms with Gasteiger partial charge in [-0.15, -0.1) is 0 Å². The first-order valence-electron chi connectivity index (χ1n) is 26.3. The average molecular weight is 996 g/mol. The van der Waals surface area contributed by atoms with E-state index in [1.807, 2.05) is 78.9 Å². The molecular weight excluding hydrogens is 914 g/mol. The Hall–Kier alpha value is -4.67. The van der Waals surface area contributed by atoms with E-state index in [2.05, 4.69) is 62.6 Å². The first-order valence-corrected chi connectivity index (χ1v) is 27.4. The van der Waals surface area contributed by atoms with Gasteiger partial charge >= 0.3 is 5.69 Å². The van der Waals surface area contributed by atoms with Crippen molar-refractivity contribution in [2.24, 2.45) is 5.92 Å². The van der Waals surface area contributed by atoms with E-state index in [0.717, 1.165) is 55.2 Å². The monoisotopic (exact) mass is 996 g/mol. The Balaban J connectivity index is 1.47. The molecule has 4 aromatic rings. The molecule has 0 saturated carbocycles. The molecule has 1 amide bonds. The van der Waals surface area contributed by atoms with Gasteiger partial charge in [-0.25, -0.2) is 9.46 Å². The molecular formula is C57H82N5O8P. The van der Waals surface area contributed by atoms with Crippen LogP contribution in [0.1, 0.15) is 167 Å². The lowest BCUT2D eigenvalue weighted by molar-refractivity contribution is -0.120.